The molecule has 0 fully saturated rings. The molecule has 0 saturated heterocycles. The van der Waals surface area contributed by atoms with Crippen molar-refractivity contribution in [3.63, 3.8) is 0 Å². The Morgan fingerprint density at radius 3 is 2.57 bits per heavy atom. The SMILES string of the molecule is O=C(O)c1coc(CNc2cc(Br)cc(C(F)(F)F)c2)c1. The van der Waals surface area contributed by atoms with Crippen molar-refractivity contribution in [2.24, 2.45) is 0 Å². The van der Waals surface area contributed by atoms with Crippen molar-refractivity contribution in [3.05, 3.63) is 51.9 Å². The van der Waals surface area contributed by atoms with Crippen molar-refractivity contribution in [2.75, 3.05) is 5.32 Å². The summed E-state index contributed by atoms with van der Waals surface area (Å²) in [6.45, 7) is 0.0705. The molecule has 2 N–H and O–H groups in total. The lowest BCUT2D eigenvalue weighted by Crippen LogP contribution is -2.06. The Balaban J connectivity index is 2.12. The molecular formula is C13H9BrF3NO3. The maximum absolute atomic E-state index is 12.7. The normalized spacial score (nSPS) is 11.4. The van der Waals surface area contributed by atoms with Gasteiger partial charge in [-0.3, -0.25) is 0 Å². The Labute approximate surface area is 125 Å². The molecule has 0 aliphatic rings. The van der Waals surface area contributed by atoms with Gasteiger partial charge in [0, 0.05) is 10.2 Å². The molecular weight excluding hydrogens is 355 g/mol. The second-order valence-corrected chi connectivity index (χ2v) is 5.10. The molecule has 0 aliphatic heterocycles. The molecule has 0 saturated carbocycles. The second-order valence-electron chi connectivity index (χ2n) is 4.19. The second kappa shape index (κ2) is 5.80. The van der Waals surface area contributed by atoms with Crippen molar-refractivity contribution in [3.8, 4) is 0 Å². The first kappa shape index (κ1) is 15.4. The first-order chi connectivity index (χ1) is 9.75. The molecule has 0 aliphatic carbocycles. The molecule has 0 atom stereocenters. The molecule has 112 valence electrons. The third kappa shape index (κ3) is 4.01. The number of carboxylic acids is 1. The van der Waals surface area contributed by atoms with Crippen LogP contribution in [0.1, 0.15) is 21.7 Å². The van der Waals surface area contributed by atoms with Crippen LogP contribution in [-0.2, 0) is 12.7 Å². The van der Waals surface area contributed by atoms with Gasteiger partial charge in [-0.15, -0.1) is 0 Å². The average molecular weight is 364 g/mol. The van der Waals surface area contributed by atoms with Gasteiger partial charge in [-0.1, -0.05) is 15.9 Å². The summed E-state index contributed by atoms with van der Waals surface area (Å²) in [5.74, 6) is -0.826. The average Bonchev–Trinajstić information content (AvgIpc) is 2.83. The Morgan fingerprint density at radius 2 is 2.00 bits per heavy atom. The lowest BCUT2D eigenvalue weighted by molar-refractivity contribution is -0.137. The fourth-order valence-electron chi connectivity index (χ4n) is 1.63. The van der Waals surface area contributed by atoms with E-state index in [9.17, 15) is 18.0 Å². The number of hydrogen-bond donors (Lipinski definition) is 2. The summed E-state index contributed by atoms with van der Waals surface area (Å²) in [6.07, 6.45) is -3.37. The zero-order valence-corrected chi connectivity index (χ0v) is 12.0. The smallest absolute Gasteiger partial charge is 0.416 e. The number of benzene rings is 1. The molecule has 4 nitrogen and oxygen atoms in total. The zero-order valence-electron chi connectivity index (χ0n) is 10.4. The molecule has 0 bridgehead atoms. The van der Waals surface area contributed by atoms with Crippen molar-refractivity contribution in [1.29, 1.82) is 0 Å². The van der Waals surface area contributed by atoms with Crippen LogP contribution in [0, 0.1) is 0 Å². The fourth-order valence-corrected chi connectivity index (χ4v) is 2.12. The van der Waals surface area contributed by atoms with E-state index in [4.69, 9.17) is 9.52 Å². The maximum atomic E-state index is 12.7. The molecule has 0 amide bonds. The molecule has 1 heterocycles. The Hall–Kier alpha value is -1.96. The van der Waals surface area contributed by atoms with Crippen LogP contribution in [0.2, 0.25) is 0 Å². The first-order valence-electron chi connectivity index (χ1n) is 5.68. The third-order valence-corrected chi connectivity index (χ3v) is 3.05. The summed E-state index contributed by atoms with van der Waals surface area (Å²) in [6, 6.07) is 4.72. The number of aromatic carboxylic acids is 1. The van der Waals surface area contributed by atoms with Crippen LogP contribution in [0.5, 0.6) is 0 Å². The highest BCUT2D eigenvalue weighted by Crippen LogP contribution is 2.33. The number of nitrogens with one attached hydrogen (secondary N) is 1. The van der Waals surface area contributed by atoms with E-state index in [0.29, 0.717) is 5.76 Å². The quantitative estimate of drug-likeness (QED) is 0.846. The van der Waals surface area contributed by atoms with Crippen molar-refractivity contribution in [1.82, 2.24) is 0 Å². The predicted octanol–water partition coefficient (Wildman–Crippen LogP) is 4.37. The van der Waals surface area contributed by atoms with E-state index in [1.807, 2.05) is 0 Å². The third-order valence-electron chi connectivity index (χ3n) is 2.59. The summed E-state index contributed by atoms with van der Waals surface area (Å²) >= 11 is 3.01. The van der Waals surface area contributed by atoms with Crippen molar-refractivity contribution >= 4 is 27.6 Å². The number of anilines is 1. The molecule has 1 aromatic carbocycles. The lowest BCUT2D eigenvalue weighted by Gasteiger charge is -2.11. The van der Waals surface area contributed by atoms with Gasteiger partial charge in [0.1, 0.15) is 12.0 Å². The highest BCUT2D eigenvalue weighted by atomic mass is 79.9. The molecule has 0 spiro atoms. The van der Waals surface area contributed by atoms with E-state index in [2.05, 4.69) is 21.2 Å². The van der Waals surface area contributed by atoms with E-state index >= 15 is 0 Å². The Morgan fingerprint density at radius 1 is 1.29 bits per heavy atom. The number of alkyl halides is 3. The lowest BCUT2D eigenvalue weighted by atomic mass is 10.2. The van der Waals surface area contributed by atoms with E-state index in [0.717, 1.165) is 18.4 Å². The Bertz CT molecular complexity index is 667. The van der Waals surface area contributed by atoms with Gasteiger partial charge in [0.2, 0.25) is 0 Å². The molecule has 1 aromatic heterocycles. The van der Waals surface area contributed by atoms with E-state index < -0.39 is 17.7 Å². The van der Waals surface area contributed by atoms with Gasteiger partial charge in [0.15, 0.2) is 0 Å². The van der Waals surface area contributed by atoms with Crippen LogP contribution in [0.3, 0.4) is 0 Å². The van der Waals surface area contributed by atoms with Crippen molar-refractivity contribution < 1.29 is 27.5 Å². The number of carbonyl (C=O) groups is 1. The number of rotatable bonds is 4. The Kier molecular flexibility index (Phi) is 4.26. The van der Waals surface area contributed by atoms with E-state index in [1.54, 1.807) is 0 Å². The largest absolute Gasteiger partial charge is 0.478 e. The molecule has 21 heavy (non-hydrogen) atoms. The van der Waals surface area contributed by atoms with Crippen LogP contribution in [0.15, 0.2) is 39.4 Å². The minimum atomic E-state index is -4.44. The summed E-state index contributed by atoms with van der Waals surface area (Å²) in [4.78, 5) is 10.7. The van der Waals surface area contributed by atoms with Gasteiger partial charge in [-0.25, -0.2) is 4.79 Å². The van der Waals surface area contributed by atoms with E-state index in [1.165, 1.54) is 12.1 Å². The van der Waals surface area contributed by atoms with Crippen LogP contribution in [-0.4, -0.2) is 11.1 Å². The highest BCUT2D eigenvalue weighted by Gasteiger charge is 2.31. The minimum absolute atomic E-state index is 0.0166. The topological polar surface area (TPSA) is 62.5 Å². The van der Waals surface area contributed by atoms with Gasteiger partial charge >= 0.3 is 12.1 Å². The maximum Gasteiger partial charge on any atom is 0.416 e. The fraction of sp³-hybridized carbons (Fsp3) is 0.154. The molecule has 0 unspecified atom stereocenters. The molecule has 8 heteroatoms. The van der Waals surface area contributed by atoms with Gasteiger partial charge in [0.05, 0.1) is 17.7 Å². The number of furan rings is 1. The molecule has 2 rings (SSSR count). The van der Waals surface area contributed by atoms with Crippen LogP contribution in [0.25, 0.3) is 0 Å². The van der Waals surface area contributed by atoms with Gasteiger partial charge < -0.3 is 14.8 Å². The monoisotopic (exact) mass is 363 g/mol. The minimum Gasteiger partial charge on any atom is -0.478 e. The number of carboxylic acid groups (broad SMARTS) is 1. The van der Waals surface area contributed by atoms with Crippen molar-refractivity contribution in [2.45, 2.75) is 12.7 Å². The summed E-state index contributed by atoms with van der Waals surface area (Å²) in [5, 5.41) is 11.5. The molecule has 0 radical (unpaired) electrons. The number of halogens is 4. The van der Waals surface area contributed by atoms with Gasteiger partial charge in [-0.05, 0) is 24.3 Å². The van der Waals surface area contributed by atoms with Crippen LogP contribution < -0.4 is 5.32 Å². The predicted molar refractivity (Wildman–Crippen MR) is 72.1 cm³/mol. The van der Waals surface area contributed by atoms with Gasteiger partial charge in [0.25, 0.3) is 0 Å². The molecule has 2 aromatic rings. The zero-order chi connectivity index (χ0) is 15.6. The highest BCUT2D eigenvalue weighted by molar-refractivity contribution is 9.10. The summed E-state index contributed by atoms with van der Waals surface area (Å²) in [5.41, 5.74) is -0.563. The standard InChI is InChI=1S/C13H9BrF3NO3/c14-9-2-8(13(15,16)17)3-10(4-9)18-5-11-1-7(6-21-11)12(19)20/h1-4,6,18H,5H2,(H,19,20). The van der Waals surface area contributed by atoms with Crippen LogP contribution in [0.4, 0.5) is 18.9 Å². The summed E-state index contributed by atoms with van der Waals surface area (Å²) < 4.78 is 43.3. The van der Waals surface area contributed by atoms with E-state index in [-0.39, 0.29) is 22.3 Å². The first-order valence-corrected chi connectivity index (χ1v) is 6.47. The number of hydrogen-bond acceptors (Lipinski definition) is 3. The summed E-state index contributed by atoms with van der Waals surface area (Å²) in [7, 11) is 0. The van der Waals surface area contributed by atoms with Gasteiger partial charge in [-0.2, -0.15) is 13.2 Å². The van der Waals surface area contributed by atoms with Crippen LogP contribution >= 0.6 is 15.9 Å².